The summed E-state index contributed by atoms with van der Waals surface area (Å²) in [7, 11) is 0. The molecule has 0 saturated heterocycles. The number of hydrogen-bond acceptors (Lipinski definition) is 2. The summed E-state index contributed by atoms with van der Waals surface area (Å²) in [6.45, 7) is 12.2. The highest BCUT2D eigenvalue weighted by atomic mass is 16.5. The van der Waals surface area contributed by atoms with Crippen molar-refractivity contribution in [2.24, 2.45) is 5.41 Å². The molecule has 0 spiro atoms. The third-order valence-electron chi connectivity index (χ3n) is 4.44. The van der Waals surface area contributed by atoms with Gasteiger partial charge in [-0.2, -0.15) is 0 Å². The van der Waals surface area contributed by atoms with Gasteiger partial charge in [0.05, 0.1) is 0 Å². The fraction of sp³-hybridized carbons (Fsp3) is 0.647. The zero-order chi connectivity index (χ0) is 14.0. The SMILES string of the molecule is CCNC1CC(Oc2ccccc2C(C)C)C1(C)C. The van der Waals surface area contributed by atoms with Crippen molar-refractivity contribution in [2.75, 3.05) is 6.54 Å². The number of ether oxygens (including phenoxy) is 1. The monoisotopic (exact) mass is 261 g/mol. The highest BCUT2D eigenvalue weighted by molar-refractivity contribution is 5.36. The topological polar surface area (TPSA) is 21.3 Å². The van der Waals surface area contributed by atoms with E-state index in [9.17, 15) is 0 Å². The lowest BCUT2D eigenvalue weighted by Gasteiger charge is -2.51. The molecule has 2 heteroatoms. The smallest absolute Gasteiger partial charge is 0.123 e. The second-order valence-electron chi connectivity index (χ2n) is 6.47. The van der Waals surface area contributed by atoms with Gasteiger partial charge in [0.15, 0.2) is 0 Å². The first-order valence-corrected chi connectivity index (χ1v) is 7.45. The van der Waals surface area contributed by atoms with Crippen LogP contribution in [0.15, 0.2) is 24.3 Å². The van der Waals surface area contributed by atoms with Crippen LogP contribution in [0.4, 0.5) is 0 Å². The second-order valence-corrected chi connectivity index (χ2v) is 6.47. The number of benzene rings is 1. The van der Waals surface area contributed by atoms with E-state index in [1.807, 2.05) is 0 Å². The van der Waals surface area contributed by atoms with E-state index >= 15 is 0 Å². The summed E-state index contributed by atoms with van der Waals surface area (Å²) in [6, 6.07) is 9.01. The zero-order valence-electron chi connectivity index (χ0n) is 12.9. The molecular formula is C17H27NO. The molecule has 0 heterocycles. The van der Waals surface area contributed by atoms with Crippen LogP contribution in [-0.2, 0) is 0 Å². The van der Waals surface area contributed by atoms with Crippen molar-refractivity contribution >= 4 is 0 Å². The van der Waals surface area contributed by atoms with Crippen LogP contribution < -0.4 is 10.1 Å². The molecule has 2 atom stereocenters. The summed E-state index contributed by atoms with van der Waals surface area (Å²) >= 11 is 0. The largest absolute Gasteiger partial charge is 0.489 e. The highest BCUT2D eigenvalue weighted by Crippen LogP contribution is 2.44. The maximum atomic E-state index is 6.29. The van der Waals surface area contributed by atoms with E-state index in [4.69, 9.17) is 4.74 Å². The van der Waals surface area contributed by atoms with Crippen molar-refractivity contribution in [3.05, 3.63) is 29.8 Å². The van der Waals surface area contributed by atoms with E-state index in [1.165, 1.54) is 5.56 Å². The maximum Gasteiger partial charge on any atom is 0.123 e. The van der Waals surface area contributed by atoms with Gasteiger partial charge in [-0.3, -0.25) is 0 Å². The summed E-state index contributed by atoms with van der Waals surface area (Å²) in [6.07, 6.45) is 1.42. The molecule has 2 rings (SSSR count). The number of rotatable bonds is 5. The molecule has 0 aromatic heterocycles. The average Bonchev–Trinajstić information content (AvgIpc) is 2.38. The summed E-state index contributed by atoms with van der Waals surface area (Å²) in [4.78, 5) is 0. The van der Waals surface area contributed by atoms with Crippen molar-refractivity contribution < 1.29 is 4.74 Å². The normalized spacial score (nSPS) is 25.2. The van der Waals surface area contributed by atoms with Gasteiger partial charge in [-0.1, -0.05) is 52.8 Å². The Morgan fingerprint density at radius 3 is 2.58 bits per heavy atom. The van der Waals surface area contributed by atoms with E-state index in [1.54, 1.807) is 0 Å². The van der Waals surface area contributed by atoms with Crippen LogP contribution in [0, 0.1) is 5.41 Å². The van der Waals surface area contributed by atoms with E-state index in [0.717, 1.165) is 18.7 Å². The lowest BCUT2D eigenvalue weighted by molar-refractivity contribution is -0.0546. The Morgan fingerprint density at radius 2 is 2.00 bits per heavy atom. The first-order chi connectivity index (χ1) is 8.96. The Kier molecular flexibility index (Phi) is 4.19. The molecule has 1 aromatic carbocycles. The van der Waals surface area contributed by atoms with Crippen LogP contribution in [0.1, 0.15) is 52.5 Å². The van der Waals surface area contributed by atoms with Gasteiger partial charge in [-0.25, -0.2) is 0 Å². The summed E-state index contributed by atoms with van der Waals surface area (Å²) in [5, 5.41) is 3.55. The third kappa shape index (κ3) is 2.79. The van der Waals surface area contributed by atoms with Crippen LogP contribution in [-0.4, -0.2) is 18.7 Å². The third-order valence-corrected chi connectivity index (χ3v) is 4.44. The van der Waals surface area contributed by atoms with Crippen LogP contribution in [0.3, 0.4) is 0 Å². The predicted molar refractivity (Wildman–Crippen MR) is 80.8 cm³/mol. The van der Waals surface area contributed by atoms with Gasteiger partial charge in [0, 0.05) is 17.9 Å². The summed E-state index contributed by atoms with van der Waals surface area (Å²) in [5.74, 6) is 1.56. The molecule has 1 aromatic rings. The lowest BCUT2D eigenvalue weighted by Crippen LogP contribution is -2.62. The van der Waals surface area contributed by atoms with Crippen molar-refractivity contribution in [3.63, 3.8) is 0 Å². The number of para-hydroxylation sites is 1. The van der Waals surface area contributed by atoms with Crippen LogP contribution in [0.5, 0.6) is 5.75 Å². The van der Waals surface area contributed by atoms with Gasteiger partial charge >= 0.3 is 0 Å². The van der Waals surface area contributed by atoms with E-state index in [0.29, 0.717) is 18.1 Å². The fourth-order valence-corrected chi connectivity index (χ4v) is 2.90. The molecule has 1 fully saturated rings. The minimum atomic E-state index is 0.208. The lowest BCUT2D eigenvalue weighted by atomic mass is 9.64. The standard InChI is InChI=1S/C17H27NO/c1-6-18-15-11-16(17(15,4)5)19-14-10-8-7-9-13(14)12(2)3/h7-10,12,15-16,18H,6,11H2,1-5H3. The van der Waals surface area contributed by atoms with Crippen molar-refractivity contribution in [2.45, 2.75) is 59.1 Å². The van der Waals surface area contributed by atoms with Gasteiger partial charge in [0.2, 0.25) is 0 Å². The van der Waals surface area contributed by atoms with Gasteiger partial charge in [-0.05, 0) is 24.1 Å². The maximum absolute atomic E-state index is 6.29. The minimum Gasteiger partial charge on any atom is -0.489 e. The quantitative estimate of drug-likeness (QED) is 0.866. The molecule has 0 radical (unpaired) electrons. The molecular weight excluding hydrogens is 234 g/mol. The molecule has 1 aliphatic rings. The Morgan fingerprint density at radius 1 is 1.32 bits per heavy atom. The molecule has 106 valence electrons. The van der Waals surface area contributed by atoms with Crippen LogP contribution >= 0.6 is 0 Å². The molecule has 1 aliphatic carbocycles. The molecule has 0 aliphatic heterocycles. The number of nitrogens with one attached hydrogen (secondary N) is 1. The van der Waals surface area contributed by atoms with Gasteiger partial charge in [-0.15, -0.1) is 0 Å². The first-order valence-electron chi connectivity index (χ1n) is 7.45. The molecule has 2 unspecified atom stereocenters. The van der Waals surface area contributed by atoms with Crippen molar-refractivity contribution in [3.8, 4) is 5.75 Å². The highest BCUT2D eigenvalue weighted by Gasteiger charge is 2.49. The molecule has 2 nitrogen and oxygen atoms in total. The van der Waals surface area contributed by atoms with Gasteiger partial charge in [0.25, 0.3) is 0 Å². The minimum absolute atomic E-state index is 0.208. The molecule has 0 bridgehead atoms. The summed E-state index contributed by atoms with van der Waals surface area (Å²) < 4.78 is 6.29. The Bertz CT molecular complexity index is 425. The average molecular weight is 261 g/mol. The molecule has 19 heavy (non-hydrogen) atoms. The Balaban J connectivity index is 2.07. The van der Waals surface area contributed by atoms with Crippen LogP contribution in [0.25, 0.3) is 0 Å². The van der Waals surface area contributed by atoms with Crippen LogP contribution in [0.2, 0.25) is 0 Å². The van der Waals surface area contributed by atoms with E-state index in [-0.39, 0.29) is 5.41 Å². The van der Waals surface area contributed by atoms with Gasteiger partial charge in [0.1, 0.15) is 11.9 Å². The predicted octanol–water partition coefficient (Wildman–Crippen LogP) is 3.97. The van der Waals surface area contributed by atoms with Crippen molar-refractivity contribution in [1.82, 2.24) is 5.32 Å². The fourth-order valence-electron chi connectivity index (χ4n) is 2.90. The second kappa shape index (κ2) is 5.54. The Labute approximate surface area is 117 Å². The molecule has 1 saturated carbocycles. The first kappa shape index (κ1) is 14.4. The molecule has 1 N–H and O–H groups in total. The summed E-state index contributed by atoms with van der Waals surface area (Å²) in [5.41, 5.74) is 1.52. The number of hydrogen-bond donors (Lipinski definition) is 1. The molecule has 0 amide bonds. The Hall–Kier alpha value is -1.02. The van der Waals surface area contributed by atoms with Gasteiger partial charge < -0.3 is 10.1 Å². The van der Waals surface area contributed by atoms with Crippen molar-refractivity contribution in [1.29, 1.82) is 0 Å². The zero-order valence-corrected chi connectivity index (χ0v) is 12.9. The van der Waals surface area contributed by atoms with E-state index in [2.05, 4.69) is 64.2 Å². The van der Waals surface area contributed by atoms with E-state index < -0.39 is 0 Å².